The zero-order valence-corrected chi connectivity index (χ0v) is 18.0. The number of nitrogens with zero attached hydrogens (tertiary/aromatic N) is 1. The smallest absolute Gasteiger partial charge is 0.264 e. The summed E-state index contributed by atoms with van der Waals surface area (Å²) in [4.78, 5) is 13.7. The lowest BCUT2D eigenvalue weighted by Crippen LogP contribution is -2.38. The van der Waals surface area contributed by atoms with Gasteiger partial charge >= 0.3 is 0 Å². The van der Waals surface area contributed by atoms with Gasteiger partial charge in [-0.25, -0.2) is 8.42 Å². The van der Waals surface area contributed by atoms with Crippen molar-refractivity contribution in [1.29, 1.82) is 0 Å². The first-order valence-electron chi connectivity index (χ1n) is 8.68. The van der Waals surface area contributed by atoms with Crippen molar-refractivity contribution >= 4 is 50.7 Å². The van der Waals surface area contributed by atoms with Crippen molar-refractivity contribution in [3.8, 4) is 0 Å². The molecule has 150 valence electrons. The van der Waals surface area contributed by atoms with Crippen LogP contribution >= 0.6 is 23.4 Å². The highest BCUT2D eigenvalue weighted by Gasteiger charge is 2.27. The molecule has 1 N–H and O–H groups in total. The fourth-order valence-electron chi connectivity index (χ4n) is 2.71. The largest absolute Gasteiger partial charge is 0.323 e. The number of sulfonamides is 1. The third kappa shape index (κ3) is 5.12. The van der Waals surface area contributed by atoms with Crippen LogP contribution in [0.25, 0.3) is 0 Å². The van der Waals surface area contributed by atoms with E-state index in [9.17, 15) is 13.2 Å². The van der Waals surface area contributed by atoms with Crippen LogP contribution in [0, 0.1) is 0 Å². The second-order valence-corrected chi connectivity index (χ2v) is 9.20. The van der Waals surface area contributed by atoms with Gasteiger partial charge in [-0.05, 0) is 54.8 Å². The Balaban J connectivity index is 1.92. The summed E-state index contributed by atoms with van der Waals surface area (Å²) in [6.07, 6.45) is 1.91. The Morgan fingerprint density at radius 2 is 1.59 bits per heavy atom. The number of rotatable bonds is 7. The molecule has 0 unspecified atom stereocenters. The van der Waals surface area contributed by atoms with Gasteiger partial charge in [-0.15, -0.1) is 11.8 Å². The molecule has 0 bridgehead atoms. The van der Waals surface area contributed by atoms with Gasteiger partial charge in [0.2, 0.25) is 5.91 Å². The standard InChI is InChI=1S/C21H19ClN2O3S2/c1-28-20-10-6-5-9-19(20)23-21(25)15-24(17-7-3-2-4-8-17)29(26,27)18-13-11-16(22)12-14-18/h2-14H,15H2,1H3,(H,23,25). The van der Waals surface area contributed by atoms with E-state index in [1.807, 2.05) is 24.5 Å². The van der Waals surface area contributed by atoms with Crippen molar-refractivity contribution in [2.45, 2.75) is 9.79 Å². The fourth-order valence-corrected chi connectivity index (χ4v) is 4.81. The number of halogens is 1. The van der Waals surface area contributed by atoms with Crippen molar-refractivity contribution in [3.05, 3.63) is 83.9 Å². The number of nitrogens with one attached hydrogen (secondary N) is 1. The lowest BCUT2D eigenvalue weighted by atomic mass is 10.3. The molecule has 3 aromatic carbocycles. The minimum absolute atomic E-state index is 0.0584. The van der Waals surface area contributed by atoms with E-state index in [0.717, 1.165) is 9.20 Å². The molecule has 3 aromatic rings. The second-order valence-electron chi connectivity index (χ2n) is 6.05. The Bertz CT molecular complexity index is 1090. The molecule has 8 heteroatoms. The van der Waals surface area contributed by atoms with Gasteiger partial charge in [0.25, 0.3) is 10.0 Å². The molecule has 5 nitrogen and oxygen atoms in total. The third-order valence-electron chi connectivity index (χ3n) is 4.11. The van der Waals surface area contributed by atoms with Gasteiger partial charge in [0.05, 0.1) is 16.3 Å². The lowest BCUT2D eigenvalue weighted by molar-refractivity contribution is -0.114. The maximum Gasteiger partial charge on any atom is 0.264 e. The van der Waals surface area contributed by atoms with Crippen molar-refractivity contribution in [2.24, 2.45) is 0 Å². The molecular weight excluding hydrogens is 428 g/mol. The van der Waals surface area contributed by atoms with Crippen LogP contribution in [0.15, 0.2) is 88.7 Å². The maximum absolute atomic E-state index is 13.3. The topological polar surface area (TPSA) is 66.5 Å². The van der Waals surface area contributed by atoms with Gasteiger partial charge in [0, 0.05) is 9.92 Å². The zero-order valence-electron chi connectivity index (χ0n) is 15.6. The third-order valence-corrected chi connectivity index (χ3v) is 6.95. The highest BCUT2D eigenvalue weighted by Crippen LogP contribution is 2.27. The molecule has 0 saturated carbocycles. The number of anilines is 2. The average molecular weight is 447 g/mol. The van der Waals surface area contributed by atoms with Crippen LogP contribution in [0.5, 0.6) is 0 Å². The van der Waals surface area contributed by atoms with Crippen LogP contribution < -0.4 is 9.62 Å². The Kier molecular flexibility index (Phi) is 6.84. The number of benzene rings is 3. The number of hydrogen-bond acceptors (Lipinski definition) is 4. The lowest BCUT2D eigenvalue weighted by Gasteiger charge is -2.24. The molecular formula is C21H19ClN2O3S2. The summed E-state index contributed by atoms with van der Waals surface area (Å²) in [5.41, 5.74) is 1.04. The molecule has 0 aromatic heterocycles. The molecule has 3 rings (SSSR count). The van der Waals surface area contributed by atoms with E-state index < -0.39 is 15.9 Å². The molecule has 0 aliphatic carbocycles. The Labute approximate surface area is 179 Å². The highest BCUT2D eigenvalue weighted by molar-refractivity contribution is 7.98. The van der Waals surface area contributed by atoms with Crippen LogP contribution in [0.2, 0.25) is 5.02 Å². The minimum Gasteiger partial charge on any atom is -0.323 e. The van der Waals surface area contributed by atoms with Crippen molar-refractivity contribution < 1.29 is 13.2 Å². The van der Waals surface area contributed by atoms with E-state index in [1.165, 1.54) is 36.0 Å². The Morgan fingerprint density at radius 1 is 0.966 bits per heavy atom. The summed E-state index contributed by atoms with van der Waals surface area (Å²) in [6.45, 7) is -0.363. The molecule has 1 amide bonds. The van der Waals surface area contributed by atoms with E-state index in [2.05, 4.69) is 5.32 Å². The first-order valence-corrected chi connectivity index (χ1v) is 11.7. The van der Waals surface area contributed by atoms with Crippen molar-refractivity contribution in [1.82, 2.24) is 0 Å². The first-order chi connectivity index (χ1) is 13.9. The van der Waals surface area contributed by atoms with E-state index in [0.29, 0.717) is 16.4 Å². The summed E-state index contributed by atoms with van der Waals surface area (Å²) in [6, 6.07) is 21.8. The van der Waals surface area contributed by atoms with E-state index in [-0.39, 0.29) is 11.4 Å². The molecule has 29 heavy (non-hydrogen) atoms. The number of thioether (sulfide) groups is 1. The average Bonchev–Trinajstić information content (AvgIpc) is 2.73. The van der Waals surface area contributed by atoms with Gasteiger partial charge < -0.3 is 5.32 Å². The summed E-state index contributed by atoms with van der Waals surface area (Å²) in [7, 11) is -3.97. The normalized spacial score (nSPS) is 11.1. The summed E-state index contributed by atoms with van der Waals surface area (Å²) in [5, 5.41) is 3.24. The Morgan fingerprint density at radius 3 is 2.24 bits per heavy atom. The van der Waals surface area contributed by atoms with Gasteiger partial charge in [-0.2, -0.15) is 0 Å². The number of carbonyl (C=O) groups is 1. The van der Waals surface area contributed by atoms with E-state index >= 15 is 0 Å². The van der Waals surface area contributed by atoms with Gasteiger partial charge in [0.1, 0.15) is 6.54 Å². The van der Waals surface area contributed by atoms with Crippen LogP contribution in [-0.2, 0) is 14.8 Å². The van der Waals surface area contributed by atoms with Crippen LogP contribution in [0.3, 0.4) is 0 Å². The number of hydrogen-bond donors (Lipinski definition) is 1. The van der Waals surface area contributed by atoms with Gasteiger partial charge in [-0.3, -0.25) is 9.10 Å². The summed E-state index contributed by atoms with van der Waals surface area (Å²) < 4.78 is 27.6. The van der Waals surface area contributed by atoms with Gasteiger partial charge in [-0.1, -0.05) is 41.9 Å². The molecule has 0 saturated heterocycles. The SMILES string of the molecule is CSc1ccccc1NC(=O)CN(c1ccccc1)S(=O)(=O)c1ccc(Cl)cc1. The first kappa shape index (κ1) is 21.2. The molecule has 0 aliphatic heterocycles. The monoisotopic (exact) mass is 446 g/mol. The number of amides is 1. The highest BCUT2D eigenvalue weighted by atomic mass is 35.5. The van der Waals surface area contributed by atoms with Crippen molar-refractivity contribution in [2.75, 3.05) is 22.4 Å². The van der Waals surface area contributed by atoms with E-state index in [1.54, 1.807) is 36.4 Å². The van der Waals surface area contributed by atoms with Gasteiger partial charge in [0.15, 0.2) is 0 Å². The molecule has 0 aliphatic rings. The summed E-state index contributed by atoms with van der Waals surface area (Å²) in [5.74, 6) is -0.437. The Hall–Kier alpha value is -2.48. The van der Waals surface area contributed by atoms with Crippen LogP contribution in [0.4, 0.5) is 11.4 Å². The van der Waals surface area contributed by atoms with Crippen LogP contribution in [-0.4, -0.2) is 27.1 Å². The molecule has 0 fully saturated rings. The van der Waals surface area contributed by atoms with Crippen LogP contribution in [0.1, 0.15) is 0 Å². The molecule has 0 radical (unpaired) electrons. The quantitative estimate of drug-likeness (QED) is 0.524. The predicted octanol–water partition coefficient (Wildman–Crippen LogP) is 4.90. The zero-order chi connectivity index (χ0) is 20.9. The summed E-state index contributed by atoms with van der Waals surface area (Å²) >= 11 is 7.38. The molecule has 0 heterocycles. The predicted molar refractivity (Wildman–Crippen MR) is 119 cm³/mol. The maximum atomic E-state index is 13.3. The van der Waals surface area contributed by atoms with Crippen molar-refractivity contribution in [3.63, 3.8) is 0 Å². The molecule has 0 spiro atoms. The minimum atomic E-state index is -3.97. The molecule has 0 atom stereocenters. The fraction of sp³-hybridized carbons (Fsp3) is 0.0952. The number of para-hydroxylation sites is 2. The number of carbonyl (C=O) groups excluding carboxylic acids is 1. The second kappa shape index (κ2) is 9.35. The van der Waals surface area contributed by atoms with E-state index in [4.69, 9.17) is 11.6 Å².